The van der Waals surface area contributed by atoms with Crippen LogP contribution in [0.4, 0.5) is 10.7 Å². The van der Waals surface area contributed by atoms with Gasteiger partial charge in [-0.25, -0.2) is 4.79 Å². The third kappa shape index (κ3) is 6.14. The Kier molecular flexibility index (Phi) is 8.51. The zero-order valence-corrected chi connectivity index (χ0v) is 21.2. The molecular formula is C23H29N5O3S2. The minimum absolute atomic E-state index is 0.155. The number of anilines is 2. The predicted molar refractivity (Wildman–Crippen MR) is 133 cm³/mol. The van der Waals surface area contributed by atoms with Gasteiger partial charge < -0.3 is 19.9 Å². The Labute approximate surface area is 202 Å². The summed E-state index contributed by atoms with van der Waals surface area (Å²) in [7, 11) is 0. The molecule has 0 aliphatic carbocycles. The van der Waals surface area contributed by atoms with E-state index in [1.165, 1.54) is 28.7 Å². The number of hydrogen-bond acceptors (Lipinski definition) is 8. The van der Waals surface area contributed by atoms with Crippen LogP contribution in [0, 0.1) is 20.8 Å². The van der Waals surface area contributed by atoms with Crippen molar-refractivity contribution >= 4 is 45.7 Å². The number of nitrogens with zero attached hydrogens (tertiary/aromatic N) is 3. The number of ether oxygens (including phenoxy) is 1. The smallest absolute Gasteiger partial charge is 0.341 e. The lowest BCUT2D eigenvalue weighted by molar-refractivity contribution is -0.113. The van der Waals surface area contributed by atoms with E-state index in [1.807, 2.05) is 37.5 Å². The van der Waals surface area contributed by atoms with Gasteiger partial charge in [0.15, 0.2) is 11.0 Å². The van der Waals surface area contributed by atoms with Crippen molar-refractivity contribution in [3.05, 3.63) is 51.7 Å². The third-order valence-electron chi connectivity index (χ3n) is 5.06. The van der Waals surface area contributed by atoms with E-state index in [0.29, 0.717) is 28.8 Å². The van der Waals surface area contributed by atoms with Crippen molar-refractivity contribution in [1.82, 2.24) is 14.8 Å². The Bertz CT molecular complexity index is 1120. The molecule has 1 amide bonds. The summed E-state index contributed by atoms with van der Waals surface area (Å²) >= 11 is 2.70. The third-order valence-corrected chi connectivity index (χ3v) is 7.15. The number of aryl methyl sites for hydroxylation is 2. The summed E-state index contributed by atoms with van der Waals surface area (Å²) in [4.78, 5) is 25.9. The van der Waals surface area contributed by atoms with Crippen LogP contribution in [0.5, 0.6) is 0 Å². The fourth-order valence-corrected chi connectivity index (χ4v) is 5.07. The first kappa shape index (κ1) is 24.8. The molecule has 0 bridgehead atoms. The van der Waals surface area contributed by atoms with Crippen LogP contribution in [-0.4, -0.2) is 39.0 Å². The van der Waals surface area contributed by atoms with Crippen LogP contribution >= 0.6 is 23.1 Å². The minimum Gasteiger partial charge on any atom is -0.462 e. The molecule has 0 radical (unpaired) electrons. The molecule has 0 spiro atoms. The quantitative estimate of drug-likeness (QED) is 0.313. The van der Waals surface area contributed by atoms with Gasteiger partial charge in [-0.1, -0.05) is 29.5 Å². The van der Waals surface area contributed by atoms with Crippen LogP contribution < -0.4 is 10.6 Å². The predicted octanol–water partition coefficient (Wildman–Crippen LogP) is 4.80. The normalized spacial score (nSPS) is 10.8. The lowest BCUT2D eigenvalue weighted by atomic mass is 10.1. The van der Waals surface area contributed by atoms with Gasteiger partial charge >= 0.3 is 5.97 Å². The van der Waals surface area contributed by atoms with Gasteiger partial charge in [-0.2, -0.15) is 0 Å². The summed E-state index contributed by atoms with van der Waals surface area (Å²) < 4.78 is 7.14. The van der Waals surface area contributed by atoms with Crippen molar-refractivity contribution in [3.63, 3.8) is 0 Å². The first-order valence-electron chi connectivity index (χ1n) is 10.8. The monoisotopic (exact) mass is 487 g/mol. The van der Waals surface area contributed by atoms with Crippen molar-refractivity contribution in [2.45, 2.75) is 52.9 Å². The molecule has 3 aromatic rings. The number of rotatable bonds is 10. The SMILES string of the molecule is CCOC(=O)c1c(NC(=O)CSc2nnc(CNc3ccc(C)cc3)n2CC)sc(C)c1C. The second-order valence-electron chi connectivity index (χ2n) is 7.41. The van der Waals surface area contributed by atoms with Gasteiger partial charge in [0.1, 0.15) is 5.00 Å². The van der Waals surface area contributed by atoms with Crippen LogP contribution in [-0.2, 0) is 22.6 Å². The summed E-state index contributed by atoms with van der Waals surface area (Å²) in [5, 5.41) is 16.0. The van der Waals surface area contributed by atoms with Crippen LogP contribution in [0.15, 0.2) is 29.4 Å². The van der Waals surface area contributed by atoms with Crippen LogP contribution in [0.3, 0.4) is 0 Å². The molecule has 2 heterocycles. The molecule has 2 aromatic heterocycles. The Balaban J connectivity index is 1.62. The van der Waals surface area contributed by atoms with Gasteiger partial charge in [0.25, 0.3) is 0 Å². The summed E-state index contributed by atoms with van der Waals surface area (Å²) in [6, 6.07) is 8.16. The molecule has 0 saturated heterocycles. The number of amides is 1. The summed E-state index contributed by atoms with van der Waals surface area (Å²) in [6.45, 7) is 11.1. The second kappa shape index (κ2) is 11.3. The van der Waals surface area contributed by atoms with E-state index >= 15 is 0 Å². The van der Waals surface area contributed by atoms with Crippen molar-refractivity contribution < 1.29 is 14.3 Å². The highest BCUT2D eigenvalue weighted by atomic mass is 32.2. The van der Waals surface area contributed by atoms with E-state index in [1.54, 1.807) is 6.92 Å². The number of thiophene rings is 1. The zero-order valence-electron chi connectivity index (χ0n) is 19.5. The number of esters is 1. The lowest BCUT2D eigenvalue weighted by Gasteiger charge is -2.10. The highest BCUT2D eigenvalue weighted by Crippen LogP contribution is 2.33. The molecule has 33 heavy (non-hydrogen) atoms. The highest BCUT2D eigenvalue weighted by molar-refractivity contribution is 7.99. The average Bonchev–Trinajstić information content (AvgIpc) is 3.31. The van der Waals surface area contributed by atoms with E-state index in [0.717, 1.165) is 22.0 Å². The molecule has 176 valence electrons. The van der Waals surface area contributed by atoms with Crippen molar-refractivity contribution in [3.8, 4) is 0 Å². The molecule has 1 aromatic carbocycles. The molecule has 2 N–H and O–H groups in total. The molecule has 0 aliphatic heterocycles. The summed E-state index contributed by atoms with van der Waals surface area (Å²) in [5.41, 5.74) is 3.48. The average molecular weight is 488 g/mol. The van der Waals surface area contributed by atoms with Crippen LogP contribution in [0.25, 0.3) is 0 Å². The number of nitrogens with one attached hydrogen (secondary N) is 2. The number of hydrogen-bond donors (Lipinski definition) is 2. The molecular weight excluding hydrogens is 458 g/mol. The topological polar surface area (TPSA) is 98.1 Å². The van der Waals surface area contributed by atoms with Crippen LogP contribution in [0.2, 0.25) is 0 Å². The number of carbonyl (C=O) groups is 2. The highest BCUT2D eigenvalue weighted by Gasteiger charge is 2.22. The first-order valence-corrected chi connectivity index (χ1v) is 12.6. The van der Waals surface area contributed by atoms with Crippen molar-refractivity contribution in [2.24, 2.45) is 0 Å². The van der Waals surface area contributed by atoms with E-state index in [-0.39, 0.29) is 18.3 Å². The molecule has 0 unspecified atom stereocenters. The Morgan fingerprint density at radius 3 is 2.52 bits per heavy atom. The molecule has 0 aliphatic rings. The van der Waals surface area contributed by atoms with Crippen molar-refractivity contribution in [2.75, 3.05) is 23.0 Å². The molecule has 0 atom stereocenters. The Hall–Kier alpha value is -2.85. The van der Waals surface area contributed by atoms with Crippen molar-refractivity contribution in [1.29, 1.82) is 0 Å². The molecule has 3 rings (SSSR count). The molecule has 8 nitrogen and oxygen atoms in total. The minimum atomic E-state index is -0.418. The first-order chi connectivity index (χ1) is 15.8. The maximum absolute atomic E-state index is 12.6. The maximum atomic E-state index is 12.6. The molecule has 0 fully saturated rings. The van der Waals surface area contributed by atoms with Gasteiger partial charge in [0.2, 0.25) is 5.91 Å². The molecule has 0 saturated carbocycles. The molecule has 10 heteroatoms. The van der Waals surface area contributed by atoms with E-state index < -0.39 is 5.97 Å². The standard InChI is InChI=1S/C23H29N5O3S2/c1-6-28-18(12-24-17-10-8-14(3)9-11-17)26-27-23(28)32-13-19(29)25-21-20(22(30)31-7-2)15(4)16(5)33-21/h8-11,24H,6-7,12-13H2,1-5H3,(H,25,29). The second-order valence-corrected chi connectivity index (χ2v) is 9.57. The van der Waals surface area contributed by atoms with Gasteiger partial charge in [0.05, 0.1) is 24.5 Å². The Morgan fingerprint density at radius 2 is 1.85 bits per heavy atom. The lowest BCUT2D eigenvalue weighted by Crippen LogP contribution is -2.17. The van der Waals surface area contributed by atoms with E-state index in [4.69, 9.17) is 4.74 Å². The fraction of sp³-hybridized carbons (Fsp3) is 0.391. The van der Waals surface area contributed by atoms with Gasteiger partial charge in [-0.05, 0) is 52.3 Å². The Morgan fingerprint density at radius 1 is 1.12 bits per heavy atom. The number of benzene rings is 1. The summed E-state index contributed by atoms with van der Waals surface area (Å²) in [6.07, 6.45) is 0. The maximum Gasteiger partial charge on any atom is 0.341 e. The van der Waals surface area contributed by atoms with Crippen LogP contribution in [0.1, 0.15) is 46.0 Å². The van der Waals surface area contributed by atoms with Gasteiger partial charge in [-0.3, -0.25) is 4.79 Å². The zero-order chi connectivity index (χ0) is 24.0. The fourth-order valence-electron chi connectivity index (χ4n) is 3.18. The number of aromatic nitrogens is 3. The van der Waals surface area contributed by atoms with Gasteiger partial charge in [0, 0.05) is 17.1 Å². The van der Waals surface area contributed by atoms with Gasteiger partial charge in [-0.15, -0.1) is 21.5 Å². The van der Waals surface area contributed by atoms with E-state index in [9.17, 15) is 9.59 Å². The number of carbonyl (C=O) groups excluding carboxylic acids is 2. The van der Waals surface area contributed by atoms with E-state index in [2.05, 4.69) is 39.9 Å². The largest absolute Gasteiger partial charge is 0.462 e. The number of thioether (sulfide) groups is 1. The summed E-state index contributed by atoms with van der Waals surface area (Å²) in [5.74, 6) is 0.326.